The Labute approximate surface area is 196 Å². The molecule has 0 aromatic heterocycles. The minimum atomic E-state index is -0.601. The SMILES string of the molecule is CC(C)(OCc1ccccc1)[C@@H]1OC=C[C@H](OCc2ccccc2)[C@H]1OCc1ccccc1. The van der Waals surface area contributed by atoms with Crippen molar-refractivity contribution < 1.29 is 18.9 Å². The number of hydrogen-bond donors (Lipinski definition) is 0. The van der Waals surface area contributed by atoms with Gasteiger partial charge in [-0.05, 0) is 36.6 Å². The zero-order valence-corrected chi connectivity index (χ0v) is 19.3. The minimum Gasteiger partial charge on any atom is -0.492 e. The Morgan fingerprint density at radius 2 is 1.15 bits per heavy atom. The van der Waals surface area contributed by atoms with Gasteiger partial charge in [-0.15, -0.1) is 0 Å². The third-order valence-corrected chi connectivity index (χ3v) is 5.83. The maximum Gasteiger partial charge on any atom is 0.155 e. The van der Waals surface area contributed by atoms with Crippen LogP contribution in [0.2, 0.25) is 0 Å². The third kappa shape index (κ3) is 6.55. The lowest BCUT2D eigenvalue weighted by molar-refractivity contribution is -0.199. The van der Waals surface area contributed by atoms with Crippen molar-refractivity contribution in [3.05, 3.63) is 120 Å². The fourth-order valence-electron chi connectivity index (χ4n) is 3.92. The van der Waals surface area contributed by atoms with Crippen molar-refractivity contribution in [3.8, 4) is 0 Å². The van der Waals surface area contributed by atoms with E-state index in [1.165, 1.54) is 0 Å². The van der Waals surface area contributed by atoms with Gasteiger partial charge in [0.25, 0.3) is 0 Å². The summed E-state index contributed by atoms with van der Waals surface area (Å²) in [6, 6.07) is 30.5. The normalized spacial score (nSPS) is 20.4. The van der Waals surface area contributed by atoms with E-state index in [9.17, 15) is 0 Å². The van der Waals surface area contributed by atoms with Gasteiger partial charge in [-0.3, -0.25) is 0 Å². The molecular weight excluding hydrogens is 412 g/mol. The standard InChI is InChI=1S/C29H32O4/c1-29(2,33-22-25-16-10-5-11-17-25)28-27(32-21-24-14-8-4-9-15-24)26(18-19-30-28)31-20-23-12-6-3-7-13-23/h3-19,26-28H,20-22H2,1-2H3/t26-,27+,28+/m0/s1. The van der Waals surface area contributed by atoms with Gasteiger partial charge in [0, 0.05) is 0 Å². The van der Waals surface area contributed by atoms with Crippen LogP contribution in [0.15, 0.2) is 103 Å². The van der Waals surface area contributed by atoms with Gasteiger partial charge in [-0.2, -0.15) is 0 Å². The Hall–Kier alpha value is -2.92. The number of benzene rings is 3. The third-order valence-electron chi connectivity index (χ3n) is 5.83. The van der Waals surface area contributed by atoms with Crippen LogP contribution in [0.1, 0.15) is 30.5 Å². The molecule has 33 heavy (non-hydrogen) atoms. The predicted molar refractivity (Wildman–Crippen MR) is 129 cm³/mol. The summed E-state index contributed by atoms with van der Waals surface area (Å²) in [5.41, 5.74) is 2.75. The lowest BCUT2D eigenvalue weighted by atomic mass is 9.91. The molecule has 1 aliphatic rings. The Balaban J connectivity index is 1.49. The highest BCUT2D eigenvalue weighted by molar-refractivity contribution is 5.16. The summed E-state index contributed by atoms with van der Waals surface area (Å²) < 4.78 is 25.2. The van der Waals surface area contributed by atoms with E-state index in [2.05, 4.69) is 36.4 Å². The first-order valence-corrected chi connectivity index (χ1v) is 11.4. The second-order valence-corrected chi connectivity index (χ2v) is 8.79. The maximum absolute atomic E-state index is 6.44. The molecule has 0 aliphatic carbocycles. The van der Waals surface area contributed by atoms with Gasteiger partial charge in [-0.25, -0.2) is 0 Å². The molecule has 172 valence electrons. The molecule has 4 nitrogen and oxygen atoms in total. The summed E-state index contributed by atoms with van der Waals surface area (Å²) in [5, 5.41) is 0. The lowest BCUT2D eigenvalue weighted by Crippen LogP contribution is -2.54. The highest BCUT2D eigenvalue weighted by Gasteiger charge is 2.44. The van der Waals surface area contributed by atoms with Gasteiger partial charge >= 0.3 is 0 Å². The number of hydrogen-bond acceptors (Lipinski definition) is 4. The maximum atomic E-state index is 6.44. The van der Waals surface area contributed by atoms with Crippen LogP contribution in [0.25, 0.3) is 0 Å². The molecule has 0 radical (unpaired) electrons. The van der Waals surface area contributed by atoms with E-state index in [1.807, 2.05) is 74.5 Å². The Morgan fingerprint density at radius 3 is 1.70 bits per heavy atom. The van der Waals surface area contributed by atoms with E-state index >= 15 is 0 Å². The molecule has 0 spiro atoms. The van der Waals surface area contributed by atoms with Gasteiger partial charge in [0.05, 0.1) is 26.1 Å². The van der Waals surface area contributed by atoms with E-state index in [4.69, 9.17) is 18.9 Å². The summed E-state index contributed by atoms with van der Waals surface area (Å²) in [7, 11) is 0. The van der Waals surface area contributed by atoms with Crippen molar-refractivity contribution in [2.24, 2.45) is 0 Å². The van der Waals surface area contributed by atoms with Crippen LogP contribution in [0, 0.1) is 0 Å². The first-order valence-electron chi connectivity index (χ1n) is 11.4. The van der Waals surface area contributed by atoms with Gasteiger partial charge in [-0.1, -0.05) is 91.0 Å². The molecule has 0 unspecified atom stereocenters. The van der Waals surface area contributed by atoms with Crippen LogP contribution in [0.5, 0.6) is 0 Å². The van der Waals surface area contributed by atoms with Gasteiger partial charge in [0.1, 0.15) is 17.8 Å². The molecule has 4 rings (SSSR count). The van der Waals surface area contributed by atoms with E-state index in [0.29, 0.717) is 19.8 Å². The lowest BCUT2D eigenvalue weighted by Gasteiger charge is -2.42. The molecule has 0 saturated carbocycles. The molecule has 3 atom stereocenters. The summed E-state index contributed by atoms with van der Waals surface area (Å²) in [6.45, 7) is 5.57. The van der Waals surface area contributed by atoms with Crippen molar-refractivity contribution in [1.82, 2.24) is 0 Å². The topological polar surface area (TPSA) is 36.9 Å². The molecule has 4 heteroatoms. The van der Waals surface area contributed by atoms with E-state index in [1.54, 1.807) is 6.26 Å². The van der Waals surface area contributed by atoms with Crippen LogP contribution in [0.3, 0.4) is 0 Å². The molecule has 0 fully saturated rings. The van der Waals surface area contributed by atoms with Crippen molar-refractivity contribution in [3.63, 3.8) is 0 Å². The molecular formula is C29H32O4. The monoisotopic (exact) mass is 444 g/mol. The van der Waals surface area contributed by atoms with Gasteiger partial charge in [0.2, 0.25) is 0 Å². The fraction of sp³-hybridized carbons (Fsp3) is 0.310. The highest BCUT2D eigenvalue weighted by Crippen LogP contribution is 2.31. The van der Waals surface area contributed by atoms with Crippen molar-refractivity contribution in [1.29, 1.82) is 0 Å². The molecule has 0 saturated heterocycles. The Bertz CT molecular complexity index is 986. The molecule has 0 N–H and O–H groups in total. The fourth-order valence-corrected chi connectivity index (χ4v) is 3.92. The van der Waals surface area contributed by atoms with E-state index in [0.717, 1.165) is 16.7 Å². The zero-order valence-electron chi connectivity index (χ0n) is 19.3. The van der Waals surface area contributed by atoms with Crippen LogP contribution < -0.4 is 0 Å². The summed E-state index contributed by atoms with van der Waals surface area (Å²) in [6.07, 6.45) is 2.73. The molecule has 1 heterocycles. The van der Waals surface area contributed by atoms with Gasteiger partial charge < -0.3 is 18.9 Å². The Kier molecular flexibility index (Phi) is 7.95. The first-order chi connectivity index (χ1) is 16.1. The molecule has 3 aromatic carbocycles. The molecule has 1 aliphatic heterocycles. The molecule has 0 amide bonds. The second kappa shape index (κ2) is 11.3. The summed E-state index contributed by atoms with van der Waals surface area (Å²) in [5.74, 6) is 0. The molecule has 3 aromatic rings. The average Bonchev–Trinajstić information content (AvgIpc) is 2.87. The zero-order chi connectivity index (χ0) is 22.9. The van der Waals surface area contributed by atoms with Gasteiger partial charge in [0.15, 0.2) is 6.10 Å². The van der Waals surface area contributed by atoms with Crippen molar-refractivity contribution >= 4 is 0 Å². The predicted octanol–water partition coefficient (Wildman–Crippen LogP) is 6.07. The average molecular weight is 445 g/mol. The van der Waals surface area contributed by atoms with Crippen LogP contribution in [0.4, 0.5) is 0 Å². The van der Waals surface area contributed by atoms with Crippen LogP contribution >= 0.6 is 0 Å². The number of ether oxygens (including phenoxy) is 4. The highest BCUT2D eigenvalue weighted by atomic mass is 16.6. The van der Waals surface area contributed by atoms with Crippen LogP contribution in [-0.4, -0.2) is 23.9 Å². The quantitative estimate of drug-likeness (QED) is 0.381. The molecule has 0 bridgehead atoms. The Morgan fingerprint density at radius 1 is 0.667 bits per heavy atom. The van der Waals surface area contributed by atoms with Crippen molar-refractivity contribution in [2.45, 2.75) is 57.6 Å². The van der Waals surface area contributed by atoms with E-state index < -0.39 is 5.60 Å². The smallest absolute Gasteiger partial charge is 0.155 e. The van der Waals surface area contributed by atoms with Crippen molar-refractivity contribution in [2.75, 3.05) is 0 Å². The largest absolute Gasteiger partial charge is 0.492 e. The number of rotatable bonds is 10. The minimum absolute atomic E-state index is 0.257. The van der Waals surface area contributed by atoms with Crippen LogP contribution in [-0.2, 0) is 38.8 Å². The first kappa shape index (κ1) is 23.2. The summed E-state index contributed by atoms with van der Waals surface area (Å²) in [4.78, 5) is 0. The van der Waals surface area contributed by atoms with E-state index in [-0.39, 0.29) is 18.3 Å². The second-order valence-electron chi connectivity index (χ2n) is 8.79. The summed E-state index contributed by atoms with van der Waals surface area (Å²) >= 11 is 0.